The van der Waals surface area contributed by atoms with Crippen molar-refractivity contribution >= 4 is 34.2 Å². The number of nitrogens with two attached hydrogens (primary N) is 1. The zero-order valence-electron chi connectivity index (χ0n) is 26.4. The van der Waals surface area contributed by atoms with Crippen LogP contribution in [-0.2, 0) is 18.9 Å². The number of methoxy groups -OCH3 is 1. The van der Waals surface area contributed by atoms with Crippen LogP contribution in [0.25, 0.3) is 16.6 Å². The number of anilines is 2. The summed E-state index contributed by atoms with van der Waals surface area (Å²) in [5, 5.41) is 0. The molecule has 1 aromatic heterocycles. The van der Waals surface area contributed by atoms with Gasteiger partial charge in [-0.15, -0.1) is 0 Å². The smallest absolute Gasteiger partial charge is 0.157 e. The van der Waals surface area contributed by atoms with Gasteiger partial charge in [-0.05, 0) is 63.1 Å². The van der Waals surface area contributed by atoms with Gasteiger partial charge in [-0.1, -0.05) is 0 Å². The summed E-state index contributed by atoms with van der Waals surface area (Å²) in [6, 6.07) is 12.0. The van der Waals surface area contributed by atoms with Crippen LogP contribution in [0.15, 0.2) is 53.8 Å². The van der Waals surface area contributed by atoms with Crippen LogP contribution in [0.4, 0.5) is 11.4 Å². The molecule has 0 bridgehead atoms. The molecule has 11 heteroatoms. The molecule has 242 valence electrons. The van der Waals surface area contributed by atoms with Crippen molar-refractivity contribution in [2.45, 2.75) is 57.5 Å². The molecule has 0 amide bonds. The zero-order valence-corrected chi connectivity index (χ0v) is 26.4. The first-order valence-corrected chi connectivity index (χ1v) is 15.8. The first-order chi connectivity index (χ1) is 22.2. The number of rotatable bonds is 15. The lowest BCUT2D eigenvalue weighted by atomic mass is 10.1. The van der Waals surface area contributed by atoms with Gasteiger partial charge in [0.05, 0.1) is 43.2 Å². The van der Waals surface area contributed by atoms with Crippen molar-refractivity contribution in [1.29, 1.82) is 0 Å². The summed E-state index contributed by atoms with van der Waals surface area (Å²) in [7, 11) is 3.35. The highest BCUT2D eigenvalue weighted by Crippen LogP contribution is 2.34. The molecule has 2 unspecified atom stereocenters. The van der Waals surface area contributed by atoms with Gasteiger partial charge in [-0.3, -0.25) is 9.98 Å². The fourth-order valence-electron chi connectivity index (χ4n) is 5.42. The van der Waals surface area contributed by atoms with Crippen molar-refractivity contribution in [3.05, 3.63) is 54.5 Å². The summed E-state index contributed by atoms with van der Waals surface area (Å²) >= 11 is 0. The molecule has 3 heterocycles. The predicted molar refractivity (Wildman–Crippen MR) is 175 cm³/mol. The van der Waals surface area contributed by atoms with E-state index in [1.54, 1.807) is 26.6 Å². The van der Waals surface area contributed by atoms with Crippen LogP contribution in [0.5, 0.6) is 11.5 Å². The molecule has 2 aliphatic heterocycles. The summed E-state index contributed by atoms with van der Waals surface area (Å²) in [6.45, 7) is 3.60. The van der Waals surface area contributed by atoms with E-state index < -0.39 is 0 Å². The van der Waals surface area contributed by atoms with Crippen molar-refractivity contribution in [3.8, 4) is 11.5 Å². The highest BCUT2D eigenvalue weighted by atomic mass is 16.7. The van der Waals surface area contributed by atoms with E-state index in [2.05, 4.69) is 14.9 Å². The maximum absolute atomic E-state index is 6.14. The molecule has 2 N–H and O–H groups in total. The number of hydrogen-bond acceptors (Lipinski definition) is 11. The molecule has 2 saturated heterocycles. The van der Waals surface area contributed by atoms with E-state index in [9.17, 15) is 0 Å². The van der Waals surface area contributed by atoms with Gasteiger partial charge >= 0.3 is 0 Å². The fraction of sp³-hybridized carbons (Fsp3) is 0.500. The normalized spacial score (nSPS) is 19.2. The van der Waals surface area contributed by atoms with Crippen LogP contribution in [0.3, 0.4) is 0 Å². The van der Waals surface area contributed by atoms with E-state index in [0.29, 0.717) is 49.1 Å². The van der Waals surface area contributed by atoms with Gasteiger partial charge < -0.3 is 39.1 Å². The molecular formula is C34H45N5O6. The SMILES string of the molecule is CN=CC(=CN)c1cnc2ccc(N(CCCOC3CCCCO3)c3cc(OC)cc(OCCOC4CCCCO4)c3)cc2n1. The van der Waals surface area contributed by atoms with Crippen LogP contribution in [0.2, 0.25) is 0 Å². The highest BCUT2D eigenvalue weighted by Gasteiger charge is 2.18. The molecule has 2 atom stereocenters. The molecule has 2 fully saturated rings. The second-order valence-corrected chi connectivity index (χ2v) is 11.0. The van der Waals surface area contributed by atoms with E-state index >= 15 is 0 Å². The number of benzene rings is 2. The van der Waals surface area contributed by atoms with Gasteiger partial charge in [0.15, 0.2) is 12.6 Å². The van der Waals surface area contributed by atoms with Crippen molar-refractivity contribution in [2.24, 2.45) is 10.7 Å². The maximum atomic E-state index is 6.14. The lowest BCUT2D eigenvalue weighted by Gasteiger charge is -2.27. The van der Waals surface area contributed by atoms with Gasteiger partial charge in [0.2, 0.25) is 0 Å². The van der Waals surface area contributed by atoms with Crippen LogP contribution in [0, 0.1) is 0 Å². The number of hydrogen-bond donors (Lipinski definition) is 1. The Hall–Kier alpha value is -3.77. The average Bonchev–Trinajstić information content (AvgIpc) is 3.09. The van der Waals surface area contributed by atoms with Gasteiger partial charge in [-0.25, -0.2) is 4.98 Å². The third-order valence-electron chi connectivity index (χ3n) is 7.75. The van der Waals surface area contributed by atoms with Crippen molar-refractivity contribution in [2.75, 3.05) is 58.6 Å². The van der Waals surface area contributed by atoms with Crippen molar-refractivity contribution < 1.29 is 28.4 Å². The Morgan fingerprint density at radius 1 is 0.933 bits per heavy atom. The number of aromatic nitrogens is 2. The largest absolute Gasteiger partial charge is 0.497 e. The van der Waals surface area contributed by atoms with Crippen LogP contribution >= 0.6 is 0 Å². The van der Waals surface area contributed by atoms with Crippen molar-refractivity contribution in [3.63, 3.8) is 0 Å². The summed E-state index contributed by atoms with van der Waals surface area (Å²) in [5.74, 6) is 1.38. The lowest BCUT2D eigenvalue weighted by Crippen LogP contribution is -2.25. The predicted octanol–water partition coefficient (Wildman–Crippen LogP) is 5.63. The summed E-state index contributed by atoms with van der Waals surface area (Å²) in [5.41, 5.74) is 10.6. The molecular weight excluding hydrogens is 574 g/mol. The quantitative estimate of drug-likeness (QED) is 0.169. The first-order valence-electron chi connectivity index (χ1n) is 15.8. The fourth-order valence-corrected chi connectivity index (χ4v) is 5.42. The molecule has 0 spiro atoms. The van der Waals surface area contributed by atoms with E-state index in [4.69, 9.17) is 39.1 Å². The molecule has 3 aromatic rings. The maximum Gasteiger partial charge on any atom is 0.157 e. The zero-order chi connectivity index (χ0) is 31.3. The van der Waals surface area contributed by atoms with Gasteiger partial charge in [0.25, 0.3) is 0 Å². The van der Waals surface area contributed by atoms with Gasteiger partial charge in [0, 0.05) is 74.4 Å². The summed E-state index contributed by atoms with van der Waals surface area (Å²) in [6.07, 6.45) is 11.7. The molecule has 0 aliphatic carbocycles. The Labute approximate surface area is 265 Å². The number of nitrogens with zero attached hydrogens (tertiary/aromatic N) is 4. The minimum Gasteiger partial charge on any atom is -0.497 e. The number of allylic oxidation sites excluding steroid dienone is 1. The third-order valence-corrected chi connectivity index (χ3v) is 7.75. The summed E-state index contributed by atoms with van der Waals surface area (Å²) in [4.78, 5) is 15.8. The average molecular weight is 620 g/mol. The number of fused-ring (bicyclic) bond motifs is 1. The molecule has 2 aliphatic rings. The Balaban J connectivity index is 1.37. The Kier molecular flexibility index (Phi) is 12.4. The molecule has 0 saturated carbocycles. The Morgan fingerprint density at radius 3 is 2.38 bits per heavy atom. The number of ether oxygens (including phenoxy) is 6. The molecule has 11 nitrogen and oxygen atoms in total. The highest BCUT2D eigenvalue weighted by molar-refractivity contribution is 6.09. The van der Waals surface area contributed by atoms with Crippen LogP contribution in [0.1, 0.15) is 50.6 Å². The molecule has 0 radical (unpaired) electrons. The number of aliphatic imine (C=N–C) groups is 1. The van der Waals surface area contributed by atoms with Crippen LogP contribution < -0.4 is 20.1 Å². The first kappa shape index (κ1) is 32.6. The molecule has 45 heavy (non-hydrogen) atoms. The standard InChI is InChI=1S/C34H45N5O6/c1-36-23-25(22-35)32-24-37-30-11-10-26(20-31(30)38-32)39(12-7-15-44-33-8-3-5-13-42-33)27-18-28(40-2)21-29(19-27)41-16-17-45-34-9-4-6-14-43-34/h10-11,18-24,33-34H,3-9,12-17,35H2,1-2H3. The van der Waals surface area contributed by atoms with Crippen LogP contribution in [-0.4, -0.2) is 82.5 Å². The minimum absolute atomic E-state index is 0.129. The van der Waals surface area contributed by atoms with Crippen molar-refractivity contribution in [1.82, 2.24) is 9.97 Å². The lowest BCUT2D eigenvalue weighted by molar-refractivity contribution is -0.165. The van der Waals surface area contributed by atoms with E-state index in [-0.39, 0.29) is 12.6 Å². The second kappa shape index (κ2) is 17.1. The molecule has 5 rings (SSSR count). The molecule has 2 aromatic carbocycles. The topological polar surface area (TPSA) is 123 Å². The summed E-state index contributed by atoms with van der Waals surface area (Å²) < 4.78 is 35.2. The Bertz CT molecular complexity index is 1420. The Morgan fingerprint density at radius 2 is 1.69 bits per heavy atom. The minimum atomic E-state index is -0.151. The second-order valence-electron chi connectivity index (χ2n) is 11.0. The van der Waals surface area contributed by atoms with Gasteiger partial charge in [0.1, 0.15) is 18.1 Å². The van der Waals surface area contributed by atoms with E-state index in [1.807, 2.05) is 36.4 Å². The van der Waals surface area contributed by atoms with Gasteiger partial charge in [-0.2, -0.15) is 0 Å². The van der Waals surface area contributed by atoms with E-state index in [0.717, 1.165) is 80.6 Å². The third kappa shape index (κ3) is 9.37. The van der Waals surface area contributed by atoms with E-state index in [1.165, 1.54) is 6.20 Å². The monoisotopic (exact) mass is 619 g/mol.